The van der Waals surface area contributed by atoms with Gasteiger partial charge in [-0.05, 0) is 22.9 Å². The summed E-state index contributed by atoms with van der Waals surface area (Å²) in [5.74, 6) is 0. The van der Waals surface area contributed by atoms with Gasteiger partial charge in [-0.2, -0.15) is 0 Å². The molecule has 2 heterocycles. The molecule has 0 aromatic carbocycles. The third kappa shape index (κ3) is 2.27. The zero-order valence-electron chi connectivity index (χ0n) is 10.00. The normalized spacial score (nSPS) is 12.2. The quantitative estimate of drug-likeness (QED) is 0.785. The Labute approximate surface area is 110 Å². The van der Waals surface area contributed by atoms with E-state index in [1.54, 1.807) is 22.7 Å². The summed E-state index contributed by atoms with van der Waals surface area (Å²) in [4.78, 5) is 0. The topological polar surface area (TPSA) is 20.3 Å². The van der Waals surface area contributed by atoms with E-state index < -0.39 is 7.29 Å². The predicted octanol–water partition coefficient (Wildman–Crippen LogP) is 3.38. The van der Waals surface area contributed by atoms with Gasteiger partial charge in [0.1, 0.15) is 0 Å². The molecule has 0 N–H and O–H groups in total. The minimum absolute atomic E-state index is 0.809. The molecule has 92 valence electrons. The molecular formula is C12H16NOPS2. The molecule has 0 aliphatic carbocycles. The Hall–Kier alpha value is -0.410. The summed E-state index contributed by atoms with van der Waals surface area (Å²) in [5, 5.41) is 4.00. The Balaban J connectivity index is 2.55. The molecule has 2 nitrogen and oxygen atoms in total. The fourth-order valence-electron chi connectivity index (χ4n) is 1.89. The van der Waals surface area contributed by atoms with E-state index in [9.17, 15) is 4.57 Å². The molecule has 2 rings (SSSR count). The lowest BCUT2D eigenvalue weighted by Crippen LogP contribution is -2.29. The van der Waals surface area contributed by atoms with Gasteiger partial charge in [-0.3, -0.25) is 4.57 Å². The highest BCUT2D eigenvalue weighted by Gasteiger charge is 2.34. The van der Waals surface area contributed by atoms with Crippen LogP contribution in [-0.4, -0.2) is 17.8 Å². The third-order valence-corrected chi connectivity index (χ3v) is 9.05. The van der Waals surface area contributed by atoms with Gasteiger partial charge in [0.15, 0.2) is 0 Å². The summed E-state index contributed by atoms with van der Waals surface area (Å²) < 4.78 is 17.5. The van der Waals surface area contributed by atoms with E-state index in [0.29, 0.717) is 0 Å². The summed E-state index contributed by atoms with van der Waals surface area (Å²) in [7, 11) is -2.57. The van der Waals surface area contributed by atoms with Crippen molar-refractivity contribution in [1.29, 1.82) is 0 Å². The number of nitrogens with zero attached hydrogens (tertiary/aromatic N) is 1. The van der Waals surface area contributed by atoms with E-state index in [-0.39, 0.29) is 0 Å². The average molecular weight is 285 g/mol. The maximum Gasteiger partial charge on any atom is 0.226 e. The molecule has 0 amide bonds. The lowest BCUT2D eigenvalue weighted by molar-refractivity contribution is 0.459. The lowest BCUT2D eigenvalue weighted by Gasteiger charge is -2.28. The second-order valence-electron chi connectivity index (χ2n) is 3.62. The molecule has 2 aromatic rings. The number of thiophene rings is 2. The molecule has 0 saturated carbocycles. The van der Waals surface area contributed by atoms with Crippen LogP contribution in [0.4, 0.5) is 0 Å². The molecule has 5 heteroatoms. The van der Waals surface area contributed by atoms with Gasteiger partial charge in [-0.25, -0.2) is 4.67 Å². The number of rotatable bonds is 5. The van der Waals surface area contributed by atoms with Gasteiger partial charge < -0.3 is 0 Å². The van der Waals surface area contributed by atoms with Crippen LogP contribution in [0.3, 0.4) is 0 Å². The minimum Gasteiger partial charge on any atom is -0.295 e. The van der Waals surface area contributed by atoms with Gasteiger partial charge >= 0.3 is 0 Å². The first-order valence-electron chi connectivity index (χ1n) is 5.67. The van der Waals surface area contributed by atoms with E-state index in [4.69, 9.17) is 0 Å². The smallest absolute Gasteiger partial charge is 0.226 e. The van der Waals surface area contributed by atoms with Gasteiger partial charge in [0.2, 0.25) is 7.29 Å². The Morgan fingerprint density at radius 3 is 1.82 bits per heavy atom. The largest absolute Gasteiger partial charge is 0.295 e. The molecule has 0 atom stereocenters. The van der Waals surface area contributed by atoms with Crippen molar-refractivity contribution in [1.82, 2.24) is 4.67 Å². The molecule has 0 saturated heterocycles. The van der Waals surface area contributed by atoms with Crippen molar-refractivity contribution in [2.45, 2.75) is 13.8 Å². The summed E-state index contributed by atoms with van der Waals surface area (Å²) in [6, 6.07) is 7.93. The van der Waals surface area contributed by atoms with Crippen LogP contribution in [0, 0.1) is 0 Å². The van der Waals surface area contributed by atoms with E-state index in [1.165, 1.54) is 0 Å². The standard InChI is InChI=1S/C12H16NOPS2/c1-3-13(4-2)15(14,11-7-5-9-16-11)12-8-6-10-17-12/h5-10H,3-4H2,1-2H3. The van der Waals surface area contributed by atoms with Crippen LogP contribution in [0.2, 0.25) is 0 Å². The molecule has 0 spiro atoms. The molecular weight excluding hydrogens is 269 g/mol. The molecule has 2 aromatic heterocycles. The van der Waals surface area contributed by atoms with Crippen LogP contribution in [0.25, 0.3) is 0 Å². The maximum absolute atomic E-state index is 13.4. The highest BCUT2D eigenvalue weighted by Crippen LogP contribution is 2.49. The predicted molar refractivity (Wildman–Crippen MR) is 78.4 cm³/mol. The first-order chi connectivity index (χ1) is 8.23. The molecule has 0 unspecified atom stereocenters. The van der Waals surface area contributed by atoms with Crippen molar-refractivity contribution in [3.8, 4) is 0 Å². The van der Waals surface area contributed by atoms with Gasteiger partial charge in [0.25, 0.3) is 0 Å². The van der Waals surface area contributed by atoms with Crippen molar-refractivity contribution < 1.29 is 4.57 Å². The number of hydrogen-bond donors (Lipinski definition) is 0. The molecule has 0 aliphatic rings. The Morgan fingerprint density at radius 1 is 1.06 bits per heavy atom. The SMILES string of the molecule is CCN(CC)P(=O)(c1cccs1)c1cccs1. The van der Waals surface area contributed by atoms with Crippen molar-refractivity contribution in [2.75, 3.05) is 13.1 Å². The lowest BCUT2D eigenvalue weighted by atomic mass is 10.7. The van der Waals surface area contributed by atoms with E-state index in [1.807, 2.05) is 35.0 Å². The van der Waals surface area contributed by atoms with Gasteiger partial charge in [0, 0.05) is 13.1 Å². The first-order valence-corrected chi connectivity index (χ1v) is 9.09. The fourth-order valence-corrected chi connectivity index (χ4v) is 7.91. The Morgan fingerprint density at radius 2 is 1.53 bits per heavy atom. The van der Waals surface area contributed by atoms with Crippen molar-refractivity contribution in [2.24, 2.45) is 0 Å². The first kappa shape index (κ1) is 13.0. The maximum atomic E-state index is 13.4. The third-order valence-electron chi connectivity index (χ3n) is 2.74. The van der Waals surface area contributed by atoms with Gasteiger partial charge in [-0.15, -0.1) is 22.7 Å². The van der Waals surface area contributed by atoms with Crippen LogP contribution < -0.4 is 9.24 Å². The molecule has 17 heavy (non-hydrogen) atoms. The zero-order chi connectivity index (χ0) is 12.3. The summed E-state index contributed by atoms with van der Waals surface area (Å²) in [5.41, 5.74) is 0. The van der Waals surface area contributed by atoms with E-state index in [2.05, 4.69) is 18.5 Å². The zero-order valence-corrected chi connectivity index (χ0v) is 12.5. The second-order valence-corrected chi connectivity index (χ2v) is 8.80. The Kier molecular flexibility index (Phi) is 4.21. The van der Waals surface area contributed by atoms with Gasteiger partial charge in [-0.1, -0.05) is 26.0 Å². The second kappa shape index (κ2) is 5.49. The Bertz CT molecular complexity index is 450. The van der Waals surface area contributed by atoms with E-state index in [0.717, 1.165) is 22.3 Å². The van der Waals surface area contributed by atoms with Crippen molar-refractivity contribution >= 4 is 39.2 Å². The summed E-state index contributed by atoms with van der Waals surface area (Å²) >= 11 is 3.18. The molecule has 0 fully saturated rings. The van der Waals surface area contributed by atoms with Crippen LogP contribution in [-0.2, 0) is 4.57 Å². The molecule has 0 aliphatic heterocycles. The monoisotopic (exact) mass is 285 g/mol. The molecule has 0 bridgehead atoms. The van der Waals surface area contributed by atoms with Crippen LogP contribution in [0.1, 0.15) is 13.8 Å². The summed E-state index contributed by atoms with van der Waals surface area (Å²) in [6.07, 6.45) is 0. The fraction of sp³-hybridized carbons (Fsp3) is 0.333. The average Bonchev–Trinajstić information content (AvgIpc) is 3.04. The van der Waals surface area contributed by atoms with Crippen LogP contribution in [0.5, 0.6) is 0 Å². The van der Waals surface area contributed by atoms with E-state index >= 15 is 0 Å². The highest BCUT2D eigenvalue weighted by atomic mass is 32.1. The summed E-state index contributed by atoms with van der Waals surface area (Å²) in [6.45, 7) is 5.75. The molecule has 0 radical (unpaired) electrons. The van der Waals surface area contributed by atoms with Crippen molar-refractivity contribution in [3.63, 3.8) is 0 Å². The number of hydrogen-bond acceptors (Lipinski definition) is 3. The minimum atomic E-state index is -2.57. The highest BCUT2D eigenvalue weighted by molar-refractivity contribution is 7.85. The van der Waals surface area contributed by atoms with Gasteiger partial charge in [0.05, 0.1) is 9.24 Å². The van der Waals surface area contributed by atoms with Crippen molar-refractivity contribution in [3.05, 3.63) is 35.0 Å². The van der Waals surface area contributed by atoms with Crippen LogP contribution in [0.15, 0.2) is 35.0 Å². The van der Waals surface area contributed by atoms with Crippen LogP contribution >= 0.6 is 30.0 Å².